The average Bonchev–Trinajstić information content (AvgIpc) is 3.10. The second kappa shape index (κ2) is 5.95. The average molecular weight is 348 g/mol. The quantitative estimate of drug-likeness (QED) is 0.312. The highest BCUT2D eigenvalue weighted by Crippen LogP contribution is 2.16. The number of aromatic nitrogens is 4. The number of nitrogens with zero attached hydrogens (tertiary/aromatic N) is 1. The first kappa shape index (κ1) is 15.4. The molecule has 0 saturated carbocycles. The number of aromatic amines is 3. The summed E-state index contributed by atoms with van der Waals surface area (Å²) >= 11 is 4.90. The molecule has 4 aromatic rings. The summed E-state index contributed by atoms with van der Waals surface area (Å²) < 4.78 is 30.9. The second-order valence-corrected chi connectivity index (χ2v) is 6.55. The molecular weight excluding hydrogens is 336 g/mol. The SMILES string of the molecule is O=S(=O)(O)c1ccc2[nH]ncc2c1.S=c1[nH]c2ccccc2[nH]1. The van der Waals surface area contributed by atoms with E-state index in [1.807, 2.05) is 24.3 Å². The molecule has 0 spiro atoms. The van der Waals surface area contributed by atoms with Crippen molar-refractivity contribution >= 4 is 44.3 Å². The molecule has 4 N–H and O–H groups in total. The van der Waals surface area contributed by atoms with Gasteiger partial charge >= 0.3 is 0 Å². The van der Waals surface area contributed by atoms with E-state index in [9.17, 15) is 8.42 Å². The summed E-state index contributed by atoms with van der Waals surface area (Å²) in [6.45, 7) is 0. The van der Waals surface area contributed by atoms with Crippen LogP contribution in [0.2, 0.25) is 0 Å². The summed E-state index contributed by atoms with van der Waals surface area (Å²) in [7, 11) is -4.11. The van der Waals surface area contributed by atoms with E-state index in [0.717, 1.165) is 16.6 Å². The Labute approximate surface area is 136 Å². The number of imidazole rings is 1. The van der Waals surface area contributed by atoms with Crippen LogP contribution in [0.25, 0.3) is 21.9 Å². The van der Waals surface area contributed by atoms with E-state index in [4.69, 9.17) is 16.8 Å². The van der Waals surface area contributed by atoms with Crippen LogP contribution in [-0.2, 0) is 10.1 Å². The van der Waals surface area contributed by atoms with E-state index in [1.54, 1.807) is 6.07 Å². The molecule has 7 nitrogen and oxygen atoms in total. The van der Waals surface area contributed by atoms with Gasteiger partial charge in [-0.05, 0) is 42.5 Å². The Morgan fingerprint density at radius 1 is 1.00 bits per heavy atom. The first-order valence-electron chi connectivity index (χ1n) is 6.51. The molecule has 0 aliphatic heterocycles. The van der Waals surface area contributed by atoms with Gasteiger partial charge in [0.15, 0.2) is 4.77 Å². The Morgan fingerprint density at radius 3 is 2.26 bits per heavy atom. The van der Waals surface area contributed by atoms with Crippen LogP contribution in [0, 0.1) is 4.77 Å². The molecule has 0 aliphatic carbocycles. The lowest BCUT2D eigenvalue weighted by molar-refractivity contribution is 0.483. The van der Waals surface area contributed by atoms with Gasteiger partial charge in [-0.1, -0.05) is 12.1 Å². The van der Waals surface area contributed by atoms with Gasteiger partial charge in [-0.3, -0.25) is 9.65 Å². The van der Waals surface area contributed by atoms with E-state index < -0.39 is 10.1 Å². The van der Waals surface area contributed by atoms with Gasteiger partial charge in [-0.25, -0.2) is 0 Å². The van der Waals surface area contributed by atoms with Crippen LogP contribution >= 0.6 is 12.2 Å². The summed E-state index contributed by atoms with van der Waals surface area (Å²) in [6, 6.07) is 12.1. The molecule has 2 aromatic carbocycles. The maximum Gasteiger partial charge on any atom is 0.294 e. The third-order valence-electron chi connectivity index (χ3n) is 3.13. The fourth-order valence-corrected chi connectivity index (χ4v) is 2.79. The van der Waals surface area contributed by atoms with Crippen molar-refractivity contribution in [1.82, 2.24) is 20.2 Å². The van der Waals surface area contributed by atoms with Crippen LogP contribution in [0.4, 0.5) is 0 Å². The maximum atomic E-state index is 10.7. The Hall–Kier alpha value is -2.49. The number of para-hydroxylation sites is 2. The van der Waals surface area contributed by atoms with Crippen LogP contribution < -0.4 is 0 Å². The van der Waals surface area contributed by atoms with Crippen molar-refractivity contribution in [2.75, 3.05) is 0 Å². The van der Waals surface area contributed by atoms with Gasteiger partial charge in [0.2, 0.25) is 0 Å². The zero-order valence-corrected chi connectivity index (χ0v) is 13.3. The topological polar surface area (TPSA) is 115 Å². The molecule has 2 aromatic heterocycles. The molecule has 118 valence electrons. The third kappa shape index (κ3) is 3.47. The molecule has 0 saturated heterocycles. The summed E-state index contributed by atoms with van der Waals surface area (Å²) in [5, 5.41) is 7.04. The van der Waals surface area contributed by atoms with Crippen molar-refractivity contribution in [3.8, 4) is 0 Å². The summed E-state index contributed by atoms with van der Waals surface area (Å²) in [6.07, 6.45) is 1.49. The molecule has 4 rings (SSSR count). The number of rotatable bonds is 1. The van der Waals surface area contributed by atoms with Crippen LogP contribution in [0.5, 0.6) is 0 Å². The van der Waals surface area contributed by atoms with Crippen molar-refractivity contribution in [2.45, 2.75) is 4.90 Å². The molecular formula is C14H12N4O3S2. The summed E-state index contributed by atoms with van der Waals surface area (Å²) in [4.78, 5) is 5.91. The van der Waals surface area contributed by atoms with Gasteiger partial charge in [0, 0.05) is 5.39 Å². The monoisotopic (exact) mass is 348 g/mol. The van der Waals surface area contributed by atoms with Gasteiger partial charge in [0.1, 0.15) is 0 Å². The standard InChI is InChI=1S/C7H6N2O3S.C7H6N2S/c10-13(11,12)6-1-2-7-5(3-6)4-8-9-7;10-7-8-5-3-1-2-4-6(5)9-7/h1-4H,(H,8,9)(H,10,11,12);1-4H,(H2,8,9,10). The van der Waals surface area contributed by atoms with Crippen LogP contribution in [0.3, 0.4) is 0 Å². The fourth-order valence-electron chi connectivity index (χ4n) is 2.06. The first-order valence-corrected chi connectivity index (χ1v) is 8.36. The Kier molecular flexibility index (Phi) is 3.99. The maximum absolute atomic E-state index is 10.7. The Balaban J connectivity index is 0.000000140. The van der Waals surface area contributed by atoms with Gasteiger partial charge in [-0.15, -0.1) is 0 Å². The molecule has 0 aliphatic rings. The zero-order chi connectivity index (χ0) is 16.4. The van der Waals surface area contributed by atoms with Crippen LogP contribution in [0.1, 0.15) is 0 Å². The van der Waals surface area contributed by atoms with Crippen molar-refractivity contribution < 1.29 is 13.0 Å². The van der Waals surface area contributed by atoms with Crippen LogP contribution in [-0.4, -0.2) is 33.1 Å². The van der Waals surface area contributed by atoms with Crippen molar-refractivity contribution in [2.24, 2.45) is 0 Å². The lowest BCUT2D eigenvalue weighted by Gasteiger charge is -1.95. The lowest BCUT2D eigenvalue weighted by atomic mass is 10.3. The molecule has 0 radical (unpaired) electrons. The minimum Gasteiger partial charge on any atom is -0.331 e. The van der Waals surface area contributed by atoms with Gasteiger partial charge in [0.05, 0.1) is 27.6 Å². The highest BCUT2D eigenvalue weighted by Gasteiger charge is 2.09. The van der Waals surface area contributed by atoms with Crippen molar-refractivity contribution in [1.29, 1.82) is 0 Å². The lowest BCUT2D eigenvalue weighted by Crippen LogP contribution is -1.96. The fraction of sp³-hybridized carbons (Fsp3) is 0. The summed E-state index contributed by atoms with van der Waals surface area (Å²) in [5.41, 5.74) is 2.85. The van der Waals surface area contributed by atoms with E-state index >= 15 is 0 Å². The molecule has 9 heteroatoms. The molecule has 0 atom stereocenters. The first-order chi connectivity index (χ1) is 10.9. The van der Waals surface area contributed by atoms with E-state index in [1.165, 1.54) is 18.3 Å². The number of hydrogen-bond donors (Lipinski definition) is 4. The predicted molar refractivity (Wildman–Crippen MR) is 89.4 cm³/mol. The zero-order valence-electron chi connectivity index (χ0n) is 11.6. The molecule has 0 unspecified atom stereocenters. The molecule has 0 amide bonds. The summed E-state index contributed by atoms with van der Waals surface area (Å²) in [5.74, 6) is 0. The number of benzene rings is 2. The third-order valence-corrected chi connectivity index (χ3v) is 4.19. The Morgan fingerprint density at radius 2 is 1.65 bits per heavy atom. The van der Waals surface area contributed by atoms with Crippen molar-refractivity contribution in [3.63, 3.8) is 0 Å². The number of H-pyrrole nitrogens is 3. The molecule has 2 heterocycles. The predicted octanol–water partition coefficient (Wildman–Crippen LogP) is 3.04. The number of hydrogen-bond acceptors (Lipinski definition) is 4. The van der Waals surface area contributed by atoms with E-state index in [2.05, 4.69) is 20.2 Å². The van der Waals surface area contributed by atoms with E-state index in [-0.39, 0.29) is 4.90 Å². The molecule has 0 bridgehead atoms. The second-order valence-electron chi connectivity index (χ2n) is 4.72. The highest BCUT2D eigenvalue weighted by atomic mass is 32.2. The van der Waals surface area contributed by atoms with Gasteiger partial charge < -0.3 is 9.97 Å². The van der Waals surface area contributed by atoms with Crippen LogP contribution in [0.15, 0.2) is 53.6 Å². The largest absolute Gasteiger partial charge is 0.331 e. The Bertz CT molecular complexity index is 1090. The minimum absolute atomic E-state index is 0.124. The van der Waals surface area contributed by atoms with E-state index in [0.29, 0.717) is 10.2 Å². The van der Waals surface area contributed by atoms with Crippen molar-refractivity contribution in [3.05, 3.63) is 53.4 Å². The minimum atomic E-state index is -4.11. The van der Waals surface area contributed by atoms with Gasteiger partial charge in [-0.2, -0.15) is 13.5 Å². The smallest absolute Gasteiger partial charge is 0.294 e. The number of fused-ring (bicyclic) bond motifs is 2. The molecule has 23 heavy (non-hydrogen) atoms. The van der Waals surface area contributed by atoms with Gasteiger partial charge in [0.25, 0.3) is 10.1 Å². The normalized spacial score (nSPS) is 11.3. The highest BCUT2D eigenvalue weighted by molar-refractivity contribution is 7.85. The number of nitrogens with one attached hydrogen (secondary N) is 3. The molecule has 0 fully saturated rings.